The molecule has 0 fully saturated rings. The Morgan fingerprint density at radius 1 is 1.06 bits per heavy atom. The van der Waals surface area contributed by atoms with Crippen molar-refractivity contribution in [2.45, 2.75) is 6.18 Å². The van der Waals surface area contributed by atoms with Gasteiger partial charge in [-0.2, -0.15) is 13.2 Å². The maximum Gasteiger partial charge on any atom is 0.417 e. The molecule has 18 heavy (non-hydrogen) atoms. The highest BCUT2D eigenvalue weighted by molar-refractivity contribution is 6.32. The lowest BCUT2D eigenvalue weighted by Gasteiger charge is -2.12. The molecule has 0 amide bonds. The number of pyridine rings is 1. The van der Waals surface area contributed by atoms with Crippen LogP contribution < -0.4 is 4.74 Å². The lowest BCUT2D eigenvalue weighted by atomic mass is 10.2. The number of alkyl halides is 3. The molecular weight excluding hydrogens is 267 g/mol. The fourth-order valence-corrected chi connectivity index (χ4v) is 1.60. The quantitative estimate of drug-likeness (QED) is 0.801. The van der Waals surface area contributed by atoms with Gasteiger partial charge in [-0.1, -0.05) is 23.7 Å². The first-order valence-electron chi connectivity index (χ1n) is 4.93. The van der Waals surface area contributed by atoms with Gasteiger partial charge in [0.05, 0.1) is 10.6 Å². The Balaban J connectivity index is 2.36. The van der Waals surface area contributed by atoms with E-state index in [9.17, 15) is 13.2 Å². The zero-order chi connectivity index (χ0) is 13.2. The second-order valence-electron chi connectivity index (χ2n) is 3.39. The van der Waals surface area contributed by atoms with Crippen LogP contribution in [-0.2, 0) is 6.18 Å². The highest BCUT2D eigenvalue weighted by Gasteiger charge is 2.34. The Bertz CT molecular complexity index is 543. The van der Waals surface area contributed by atoms with Gasteiger partial charge in [-0.05, 0) is 18.2 Å². The molecule has 1 aromatic heterocycles. The summed E-state index contributed by atoms with van der Waals surface area (Å²) in [5.74, 6) is 0.101. The number of halogens is 4. The Kier molecular flexibility index (Phi) is 3.43. The summed E-state index contributed by atoms with van der Waals surface area (Å²) in [7, 11) is 0. The second-order valence-corrected chi connectivity index (χ2v) is 3.76. The summed E-state index contributed by atoms with van der Waals surface area (Å²) < 4.78 is 43.0. The normalized spacial score (nSPS) is 11.3. The van der Waals surface area contributed by atoms with Crippen LogP contribution in [0.15, 0.2) is 42.6 Å². The molecule has 6 heteroatoms. The molecule has 0 spiro atoms. The fraction of sp³-hybridized carbons (Fsp3) is 0.0833. The zero-order valence-electron chi connectivity index (χ0n) is 8.91. The number of aromatic nitrogens is 1. The van der Waals surface area contributed by atoms with Crippen molar-refractivity contribution in [2.75, 3.05) is 0 Å². The van der Waals surface area contributed by atoms with E-state index >= 15 is 0 Å². The number of hydrogen-bond acceptors (Lipinski definition) is 2. The maximum absolute atomic E-state index is 12.6. The molecule has 0 atom stereocenters. The van der Waals surface area contributed by atoms with Gasteiger partial charge in [-0.15, -0.1) is 0 Å². The summed E-state index contributed by atoms with van der Waals surface area (Å²) in [5.41, 5.74) is -0.933. The summed E-state index contributed by atoms with van der Waals surface area (Å²) in [6, 6.07) is 8.33. The van der Waals surface area contributed by atoms with Crippen LogP contribution in [-0.4, -0.2) is 4.98 Å². The molecular formula is C12H7ClF3NO. The predicted octanol–water partition coefficient (Wildman–Crippen LogP) is 4.55. The van der Waals surface area contributed by atoms with E-state index in [1.165, 1.54) is 24.4 Å². The van der Waals surface area contributed by atoms with E-state index in [1.807, 2.05) is 0 Å². The average molecular weight is 274 g/mol. The molecule has 0 unspecified atom stereocenters. The summed E-state index contributed by atoms with van der Waals surface area (Å²) in [6.45, 7) is 0. The minimum absolute atomic E-state index is 0.0785. The third-order valence-electron chi connectivity index (χ3n) is 2.12. The number of hydrogen-bond donors (Lipinski definition) is 0. The first kappa shape index (κ1) is 12.7. The van der Waals surface area contributed by atoms with Gasteiger partial charge in [0, 0.05) is 12.3 Å². The number of benzene rings is 1. The monoisotopic (exact) mass is 273 g/mol. The van der Waals surface area contributed by atoms with Gasteiger partial charge in [0.15, 0.2) is 0 Å². The van der Waals surface area contributed by atoms with E-state index in [2.05, 4.69) is 4.98 Å². The van der Waals surface area contributed by atoms with Crippen molar-refractivity contribution in [3.05, 3.63) is 53.2 Å². The third kappa shape index (κ3) is 2.73. The van der Waals surface area contributed by atoms with Crippen LogP contribution in [0.25, 0.3) is 0 Å². The molecule has 94 valence electrons. The minimum atomic E-state index is -4.51. The van der Waals surface area contributed by atoms with Crippen molar-refractivity contribution < 1.29 is 17.9 Å². The van der Waals surface area contributed by atoms with E-state index in [1.54, 1.807) is 12.1 Å². The van der Waals surface area contributed by atoms with Crippen molar-refractivity contribution in [3.63, 3.8) is 0 Å². The molecule has 0 aliphatic heterocycles. The maximum atomic E-state index is 12.6. The van der Waals surface area contributed by atoms with Gasteiger partial charge >= 0.3 is 6.18 Å². The summed E-state index contributed by atoms with van der Waals surface area (Å²) in [5, 5.41) is -0.476. The molecule has 2 rings (SSSR count). The Morgan fingerprint density at radius 2 is 1.83 bits per heavy atom. The van der Waals surface area contributed by atoms with Gasteiger partial charge in [-0.3, -0.25) is 0 Å². The van der Waals surface area contributed by atoms with Crippen LogP contribution in [0.3, 0.4) is 0 Å². The lowest BCUT2D eigenvalue weighted by molar-refractivity contribution is -0.137. The van der Waals surface area contributed by atoms with Crippen molar-refractivity contribution in [1.82, 2.24) is 4.98 Å². The van der Waals surface area contributed by atoms with Crippen LogP contribution in [0.5, 0.6) is 11.6 Å². The summed E-state index contributed by atoms with van der Waals surface area (Å²) >= 11 is 5.67. The van der Waals surface area contributed by atoms with Gasteiger partial charge in [0.2, 0.25) is 5.88 Å². The van der Waals surface area contributed by atoms with Gasteiger partial charge in [0.1, 0.15) is 5.75 Å². The molecule has 0 saturated carbocycles. The molecule has 0 aliphatic carbocycles. The first-order chi connectivity index (χ1) is 8.48. The first-order valence-corrected chi connectivity index (χ1v) is 5.31. The van der Waals surface area contributed by atoms with Crippen molar-refractivity contribution in [2.24, 2.45) is 0 Å². The van der Waals surface area contributed by atoms with Crippen LogP contribution in [0.1, 0.15) is 5.56 Å². The van der Waals surface area contributed by atoms with E-state index in [-0.39, 0.29) is 11.6 Å². The minimum Gasteiger partial charge on any atom is -0.437 e. The molecule has 1 aromatic carbocycles. The number of ether oxygens (including phenoxy) is 1. The smallest absolute Gasteiger partial charge is 0.417 e. The molecule has 0 N–H and O–H groups in total. The summed E-state index contributed by atoms with van der Waals surface area (Å²) in [4.78, 5) is 3.84. The Morgan fingerprint density at radius 3 is 2.44 bits per heavy atom. The topological polar surface area (TPSA) is 22.1 Å². The number of nitrogens with zero attached hydrogens (tertiary/aromatic N) is 1. The lowest BCUT2D eigenvalue weighted by Crippen LogP contribution is -2.06. The van der Waals surface area contributed by atoms with Crippen molar-refractivity contribution >= 4 is 11.6 Å². The van der Waals surface area contributed by atoms with Crippen LogP contribution in [0.2, 0.25) is 5.02 Å². The van der Waals surface area contributed by atoms with Crippen molar-refractivity contribution in [1.29, 1.82) is 0 Å². The van der Waals surface area contributed by atoms with Crippen molar-refractivity contribution in [3.8, 4) is 11.6 Å². The fourth-order valence-electron chi connectivity index (χ4n) is 1.33. The van der Waals surface area contributed by atoms with Crippen LogP contribution >= 0.6 is 11.6 Å². The van der Waals surface area contributed by atoms with E-state index < -0.39 is 16.8 Å². The van der Waals surface area contributed by atoms with Crippen LogP contribution in [0, 0.1) is 0 Å². The van der Waals surface area contributed by atoms with Gasteiger partial charge in [-0.25, -0.2) is 4.98 Å². The van der Waals surface area contributed by atoms with Gasteiger partial charge in [0.25, 0.3) is 0 Å². The highest BCUT2D eigenvalue weighted by Crippen LogP contribution is 2.40. The SMILES string of the molecule is FC(F)(F)c1cccc(Oc2ccccn2)c1Cl. The molecule has 0 bridgehead atoms. The third-order valence-corrected chi connectivity index (χ3v) is 2.51. The summed E-state index contributed by atoms with van der Waals surface area (Å²) in [6.07, 6.45) is -3.04. The van der Waals surface area contributed by atoms with E-state index in [0.29, 0.717) is 0 Å². The second kappa shape index (κ2) is 4.86. The average Bonchev–Trinajstić information content (AvgIpc) is 2.32. The van der Waals surface area contributed by atoms with Gasteiger partial charge < -0.3 is 4.74 Å². The molecule has 2 nitrogen and oxygen atoms in total. The Hall–Kier alpha value is -1.75. The molecule has 2 aromatic rings. The molecule has 0 aliphatic rings. The van der Waals surface area contributed by atoms with Crippen LogP contribution in [0.4, 0.5) is 13.2 Å². The van der Waals surface area contributed by atoms with E-state index in [0.717, 1.165) is 6.07 Å². The zero-order valence-corrected chi connectivity index (χ0v) is 9.66. The molecule has 1 heterocycles. The molecule has 0 radical (unpaired) electrons. The largest absolute Gasteiger partial charge is 0.437 e. The Labute approximate surface area is 106 Å². The van der Waals surface area contributed by atoms with E-state index in [4.69, 9.17) is 16.3 Å². The standard InChI is InChI=1S/C12H7ClF3NO/c13-11-8(12(14,15)16)4-3-5-9(11)18-10-6-1-2-7-17-10/h1-7H. The number of rotatable bonds is 2. The highest BCUT2D eigenvalue weighted by atomic mass is 35.5. The predicted molar refractivity (Wildman–Crippen MR) is 60.8 cm³/mol. The molecule has 0 saturated heterocycles.